The van der Waals surface area contributed by atoms with Gasteiger partial charge in [0, 0.05) is 13.2 Å². The van der Waals surface area contributed by atoms with Crippen molar-refractivity contribution in [3.63, 3.8) is 0 Å². The van der Waals surface area contributed by atoms with Gasteiger partial charge in [0.2, 0.25) is 0 Å². The van der Waals surface area contributed by atoms with Crippen LogP contribution in [0.25, 0.3) is 0 Å². The Bertz CT molecular complexity index is 337. The fourth-order valence-electron chi connectivity index (χ4n) is 1.80. The normalized spacial score (nSPS) is 11.7. The van der Waals surface area contributed by atoms with Crippen molar-refractivity contribution in [3.05, 3.63) is 23.7 Å². The topological polar surface area (TPSA) is 37.6 Å². The molecule has 0 bridgehead atoms. The van der Waals surface area contributed by atoms with Crippen molar-refractivity contribution in [3.8, 4) is 0 Å². The molecule has 4 heteroatoms. The first-order valence-electron chi connectivity index (χ1n) is 7.16. The second-order valence-electron chi connectivity index (χ2n) is 5.33. The van der Waals surface area contributed by atoms with Gasteiger partial charge in [0.05, 0.1) is 19.7 Å². The smallest absolute Gasteiger partial charge is 0.118 e. The fourth-order valence-corrected chi connectivity index (χ4v) is 1.80. The zero-order valence-corrected chi connectivity index (χ0v) is 12.7. The van der Waals surface area contributed by atoms with E-state index in [2.05, 4.69) is 43.2 Å². The minimum Gasteiger partial charge on any atom is -0.463 e. The van der Waals surface area contributed by atoms with E-state index < -0.39 is 0 Å². The SMILES string of the molecule is CCOCCN(C)Cc1ccc(CNCC(C)C)o1. The molecule has 0 aromatic carbocycles. The molecule has 1 aromatic heterocycles. The molecular formula is C15H28N2O2. The minimum atomic E-state index is 0.666. The molecule has 0 saturated carbocycles. The first-order valence-corrected chi connectivity index (χ1v) is 7.16. The molecule has 0 fully saturated rings. The molecule has 19 heavy (non-hydrogen) atoms. The average molecular weight is 268 g/mol. The number of nitrogens with zero attached hydrogens (tertiary/aromatic N) is 1. The highest BCUT2D eigenvalue weighted by Crippen LogP contribution is 2.10. The quantitative estimate of drug-likeness (QED) is 0.662. The van der Waals surface area contributed by atoms with Gasteiger partial charge >= 0.3 is 0 Å². The summed E-state index contributed by atoms with van der Waals surface area (Å²) in [5.41, 5.74) is 0. The summed E-state index contributed by atoms with van der Waals surface area (Å²) in [6.45, 7) is 11.6. The molecule has 4 nitrogen and oxygen atoms in total. The highest BCUT2D eigenvalue weighted by atomic mass is 16.5. The second-order valence-corrected chi connectivity index (χ2v) is 5.33. The van der Waals surface area contributed by atoms with Crippen LogP contribution in [0, 0.1) is 5.92 Å². The van der Waals surface area contributed by atoms with E-state index in [9.17, 15) is 0 Å². The lowest BCUT2D eigenvalue weighted by Gasteiger charge is -2.14. The van der Waals surface area contributed by atoms with Gasteiger partial charge in [-0.1, -0.05) is 13.8 Å². The van der Waals surface area contributed by atoms with Crippen LogP contribution in [0.2, 0.25) is 0 Å². The monoisotopic (exact) mass is 268 g/mol. The Hall–Kier alpha value is -0.840. The van der Waals surface area contributed by atoms with E-state index >= 15 is 0 Å². The first-order chi connectivity index (χ1) is 9.11. The van der Waals surface area contributed by atoms with Gasteiger partial charge in [0.15, 0.2) is 0 Å². The van der Waals surface area contributed by atoms with Gasteiger partial charge in [-0.25, -0.2) is 0 Å². The summed E-state index contributed by atoms with van der Waals surface area (Å²) in [6, 6.07) is 4.11. The van der Waals surface area contributed by atoms with Crippen molar-refractivity contribution in [2.75, 3.05) is 33.4 Å². The molecule has 110 valence electrons. The van der Waals surface area contributed by atoms with E-state index in [-0.39, 0.29) is 0 Å². The van der Waals surface area contributed by atoms with Crippen LogP contribution in [0.15, 0.2) is 16.5 Å². The van der Waals surface area contributed by atoms with Gasteiger partial charge < -0.3 is 14.5 Å². The van der Waals surface area contributed by atoms with Gasteiger partial charge in [-0.05, 0) is 38.6 Å². The van der Waals surface area contributed by atoms with Crippen LogP contribution >= 0.6 is 0 Å². The summed E-state index contributed by atoms with van der Waals surface area (Å²) in [7, 11) is 2.08. The zero-order valence-electron chi connectivity index (χ0n) is 12.7. The van der Waals surface area contributed by atoms with E-state index in [0.29, 0.717) is 5.92 Å². The van der Waals surface area contributed by atoms with Crippen molar-refractivity contribution < 1.29 is 9.15 Å². The van der Waals surface area contributed by atoms with Crippen LogP contribution in [0.4, 0.5) is 0 Å². The molecule has 1 aromatic rings. The Morgan fingerprint density at radius 1 is 1.32 bits per heavy atom. The van der Waals surface area contributed by atoms with Crippen LogP contribution in [-0.2, 0) is 17.8 Å². The lowest BCUT2D eigenvalue weighted by molar-refractivity contribution is 0.118. The maximum atomic E-state index is 5.80. The Morgan fingerprint density at radius 2 is 2.05 bits per heavy atom. The predicted octanol–water partition coefficient (Wildman–Crippen LogP) is 2.49. The summed E-state index contributed by atoms with van der Waals surface area (Å²) in [5.74, 6) is 2.69. The van der Waals surface area contributed by atoms with Gasteiger partial charge in [-0.2, -0.15) is 0 Å². The predicted molar refractivity (Wildman–Crippen MR) is 78.1 cm³/mol. The standard InChI is InChI=1S/C15H28N2O2/c1-5-18-9-8-17(4)12-15-7-6-14(19-15)11-16-10-13(2)3/h6-7,13,16H,5,8-12H2,1-4H3. The van der Waals surface area contributed by atoms with E-state index in [1.54, 1.807) is 0 Å². The highest BCUT2D eigenvalue weighted by molar-refractivity contribution is 5.06. The number of hydrogen-bond donors (Lipinski definition) is 1. The number of ether oxygens (including phenoxy) is 1. The molecule has 1 N–H and O–H groups in total. The molecule has 0 radical (unpaired) electrons. The van der Waals surface area contributed by atoms with Crippen molar-refractivity contribution in [1.29, 1.82) is 0 Å². The lowest BCUT2D eigenvalue weighted by atomic mass is 10.2. The molecule has 1 heterocycles. The third kappa shape index (κ3) is 7.35. The largest absolute Gasteiger partial charge is 0.463 e. The third-order valence-electron chi connectivity index (χ3n) is 2.82. The molecular weight excluding hydrogens is 240 g/mol. The van der Waals surface area contributed by atoms with E-state index in [4.69, 9.17) is 9.15 Å². The second kappa shape index (κ2) is 9.13. The molecule has 0 unspecified atom stereocenters. The van der Waals surface area contributed by atoms with E-state index in [0.717, 1.165) is 50.9 Å². The summed E-state index contributed by atoms with van der Waals surface area (Å²) in [4.78, 5) is 2.21. The Labute approximate surface area is 117 Å². The van der Waals surface area contributed by atoms with Gasteiger partial charge in [0.25, 0.3) is 0 Å². The number of furan rings is 1. The maximum absolute atomic E-state index is 5.80. The lowest BCUT2D eigenvalue weighted by Crippen LogP contribution is -2.22. The Kier molecular flexibility index (Phi) is 7.79. The third-order valence-corrected chi connectivity index (χ3v) is 2.82. The number of nitrogens with one attached hydrogen (secondary N) is 1. The maximum Gasteiger partial charge on any atom is 0.118 e. The van der Waals surface area contributed by atoms with E-state index in [1.165, 1.54) is 0 Å². The van der Waals surface area contributed by atoms with E-state index in [1.807, 2.05) is 6.92 Å². The van der Waals surface area contributed by atoms with Crippen LogP contribution in [0.3, 0.4) is 0 Å². The summed E-state index contributed by atoms with van der Waals surface area (Å²) in [5, 5.41) is 3.38. The molecule has 0 amide bonds. The first kappa shape index (κ1) is 16.2. The molecule has 0 aliphatic heterocycles. The van der Waals surface area contributed by atoms with Crippen molar-refractivity contribution in [2.24, 2.45) is 5.92 Å². The molecule has 0 saturated heterocycles. The number of hydrogen-bond acceptors (Lipinski definition) is 4. The Balaban J connectivity index is 2.25. The fraction of sp³-hybridized carbons (Fsp3) is 0.733. The van der Waals surface area contributed by atoms with Crippen LogP contribution in [0.5, 0.6) is 0 Å². The highest BCUT2D eigenvalue weighted by Gasteiger charge is 2.05. The molecule has 0 aliphatic carbocycles. The number of likely N-dealkylation sites (N-methyl/N-ethyl adjacent to an activating group) is 1. The Morgan fingerprint density at radius 3 is 2.74 bits per heavy atom. The van der Waals surface area contributed by atoms with Crippen LogP contribution < -0.4 is 5.32 Å². The van der Waals surface area contributed by atoms with Crippen LogP contribution in [-0.4, -0.2) is 38.3 Å². The van der Waals surface area contributed by atoms with Crippen molar-refractivity contribution in [1.82, 2.24) is 10.2 Å². The molecule has 0 atom stereocenters. The van der Waals surface area contributed by atoms with Gasteiger partial charge in [-0.3, -0.25) is 4.90 Å². The van der Waals surface area contributed by atoms with Crippen molar-refractivity contribution >= 4 is 0 Å². The molecule has 0 spiro atoms. The summed E-state index contributed by atoms with van der Waals surface area (Å²) in [6.07, 6.45) is 0. The summed E-state index contributed by atoms with van der Waals surface area (Å²) >= 11 is 0. The van der Waals surface area contributed by atoms with Crippen molar-refractivity contribution in [2.45, 2.75) is 33.9 Å². The van der Waals surface area contributed by atoms with Gasteiger partial charge in [0.1, 0.15) is 11.5 Å². The summed E-state index contributed by atoms with van der Waals surface area (Å²) < 4.78 is 11.1. The van der Waals surface area contributed by atoms with Crippen LogP contribution in [0.1, 0.15) is 32.3 Å². The zero-order chi connectivity index (χ0) is 14.1. The molecule has 0 aliphatic rings. The minimum absolute atomic E-state index is 0.666. The van der Waals surface area contributed by atoms with Gasteiger partial charge in [-0.15, -0.1) is 0 Å². The number of rotatable bonds is 10. The molecule has 1 rings (SSSR count). The average Bonchev–Trinajstić information content (AvgIpc) is 2.76.